The molecule has 25 heavy (non-hydrogen) atoms. The van der Waals surface area contributed by atoms with Crippen LogP contribution >= 0.6 is 11.6 Å². The molecule has 0 spiro atoms. The predicted octanol–water partition coefficient (Wildman–Crippen LogP) is 2.87. The number of carbonyl (C=O) groups excluding carboxylic acids is 2. The molecule has 1 atom stereocenters. The van der Waals surface area contributed by atoms with Gasteiger partial charge in [0.05, 0.1) is 16.9 Å². The molecule has 134 valence electrons. The minimum atomic E-state index is -0.692. The average Bonchev–Trinajstić information content (AvgIpc) is 2.81. The summed E-state index contributed by atoms with van der Waals surface area (Å²) in [6.07, 6.45) is 0. The van der Waals surface area contributed by atoms with Crippen LogP contribution in [0.5, 0.6) is 0 Å². The molecule has 7 heteroatoms. The van der Waals surface area contributed by atoms with Gasteiger partial charge in [0.15, 0.2) is 0 Å². The number of para-hydroxylation sites is 1. The molecule has 0 aliphatic rings. The summed E-state index contributed by atoms with van der Waals surface area (Å²) in [5.74, 6) is -0.689. The number of nitrogens with one attached hydrogen (secondary N) is 2. The lowest BCUT2D eigenvalue weighted by Gasteiger charge is -2.23. The fourth-order valence-corrected chi connectivity index (χ4v) is 2.67. The normalized spacial score (nSPS) is 12.6. The second-order valence-corrected chi connectivity index (χ2v) is 7.29. The lowest BCUT2D eigenvalue weighted by atomic mass is 10.1. The molecule has 0 aliphatic heterocycles. The summed E-state index contributed by atoms with van der Waals surface area (Å²) in [5, 5.41) is 10.1. The van der Waals surface area contributed by atoms with Gasteiger partial charge in [0, 0.05) is 5.54 Å². The van der Waals surface area contributed by atoms with Crippen LogP contribution in [0.25, 0.3) is 5.69 Å². The standard InChI is InChI=1S/C18H23ClN4O2/c1-11-14(15(19)23(22-11)13-9-7-6-8-10-13)17(25)20-12(2)16(24)21-18(3,4)5/h6-10,12H,1-5H3,(H,20,25)(H,21,24). The fraction of sp³-hybridized carbons (Fsp3) is 0.389. The molecule has 6 nitrogen and oxygen atoms in total. The van der Waals surface area contributed by atoms with E-state index in [1.54, 1.807) is 13.8 Å². The van der Waals surface area contributed by atoms with E-state index in [0.717, 1.165) is 5.69 Å². The van der Waals surface area contributed by atoms with Gasteiger partial charge in [0.25, 0.3) is 5.91 Å². The fourth-order valence-electron chi connectivity index (χ4n) is 2.31. The maximum Gasteiger partial charge on any atom is 0.256 e. The van der Waals surface area contributed by atoms with Gasteiger partial charge in [0.2, 0.25) is 5.91 Å². The molecule has 1 unspecified atom stereocenters. The van der Waals surface area contributed by atoms with Crippen LogP contribution in [0.4, 0.5) is 0 Å². The highest BCUT2D eigenvalue weighted by Crippen LogP contribution is 2.23. The molecule has 2 aromatic rings. The largest absolute Gasteiger partial charge is 0.350 e. The average molecular weight is 363 g/mol. The Morgan fingerprint density at radius 1 is 1.20 bits per heavy atom. The number of carbonyl (C=O) groups is 2. The zero-order chi connectivity index (χ0) is 18.8. The number of rotatable bonds is 4. The van der Waals surface area contributed by atoms with Gasteiger partial charge in [-0.15, -0.1) is 0 Å². The monoisotopic (exact) mass is 362 g/mol. The van der Waals surface area contributed by atoms with Gasteiger partial charge in [-0.3, -0.25) is 9.59 Å². The van der Waals surface area contributed by atoms with Crippen molar-refractivity contribution in [1.82, 2.24) is 20.4 Å². The smallest absolute Gasteiger partial charge is 0.256 e. The molecule has 0 saturated carbocycles. The predicted molar refractivity (Wildman–Crippen MR) is 98.1 cm³/mol. The van der Waals surface area contributed by atoms with Crippen LogP contribution in [-0.4, -0.2) is 33.2 Å². The first kappa shape index (κ1) is 19.0. The summed E-state index contributed by atoms with van der Waals surface area (Å²) >= 11 is 6.37. The number of halogens is 1. The number of nitrogens with zero attached hydrogens (tertiary/aromatic N) is 2. The maximum atomic E-state index is 12.6. The van der Waals surface area contributed by atoms with Crippen LogP contribution in [0.2, 0.25) is 5.15 Å². The molecular formula is C18H23ClN4O2. The first-order valence-electron chi connectivity index (χ1n) is 8.03. The van der Waals surface area contributed by atoms with Gasteiger partial charge in [0.1, 0.15) is 11.2 Å². The Kier molecular flexibility index (Phi) is 5.52. The molecular weight excluding hydrogens is 340 g/mol. The molecule has 0 bridgehead atoms. The first-order valence-corrected chi connectivity index (χ1v) is 8.41. The highest BCUT2D eigenvalue weighted by molar-refractivity contribution is 6.33. The van der Waals surface area contributed by atoms with Crippen LogP contribution in [0, 0.1) is 6.92 Å². The van der Waals surface area contributed by atoms with Gasteiger partial charge in [-0.2, -0.15) is 5.10 Å². The molecule has 1 aromatic heterocycles. The quantitative estimate of drug-likeness (QED) is 0.878. The third-order valence-electron chi connectivity index (χ3n) is 3.47. The van der Waals surface area contributed by atoms with Crippen LogP contribution < -0.4 is 10.6 Å². The molecule has 1 aromatic carbocycles. The van der Waals surface area contributed by atoms with Crippen LogP contribution in [0.15, 0.2) is 30.3 Å². The zero-order valence-corrected chi connectivity index (χ0v) is 15.8. The third kappa shape index (κ3) is 4.60. The van der Waals surface area contributed by atoms with Crippen molar-refractivity contribution in [1.29, 1.82) is 0 Å². The van der Waals surface area contributed by atoms with E-state index in [0.29, 0.717) is 5.69 Å². The van der Waals surface area contributed by atoms with Gasteiger partial charge in [-0.1, -0.05) is 29.8 Å². The second-order valence-electron chi connectivity index (χ2n) is 6.93. The Morgan fingerprint density at radius 3 is 2.36 bits per heavy atom. The van der Waals surface area contributed by atoms with Crippen LogP contribution in [0.3, 0.4) is 0 Å². The van der Waals surface area contributed by atoms with Crippen molar-refractivity contribution in [2.75, 3.05) is 0 Å². The molecule has 0 fully saturated rings. The maximum absolute atomic E-state index is 12.6. The molecule has 0 radical (unpaired) electrons. The summed E-state index contributed by atoms with van der Waals surface area (Å²) in [4.78, 5) is 24.7. The van der Waals surface area contributed by atoms with Crippen molar-refractivity contribution in [3.05, 3.63) is 46.7 Å². The van der Waals surface area contributed by atoms with E-state index in [2.05, 4.69) is 15.7 Å². The summed E-state index contributed by atoms with van der Waals surface area (Å²) in [6.45, 7) is 8.98. The molecule has 2 amide bonds. The van der Waals surface area contributed by atoms with Crippen LogP contribution in [-0.2, 0) is 4.79 Å². The third-order valence-corrected chi connectivity index (χ3v) is 3.82. The molecule has 2 rings (SSSR count). The van der Waals surface area contributed by atoms with E-state index < -0.39 is 11.9 Å². The lowest BCUT2D eigenvalue weighted by Crippen LogP contribution is -2.50. The number of aromatic nitrogens is 2. The van der Waals surface area contributed by atoms with Crippen molar-refractivity contribution in [2.45, 2.75) is 46.2 Å². The Balaban J connectivity index is 2.20. The number of aryl methyl sites for hydroxylation is 1. The number of benzene rings is 1. The SMILES string of the molecule is Cc1nn(-c2ccccc2)c(Cl)c1C(=O)NC(C)C(=O)NC(C)(C)C. The highest BCUT2D eigenvalue weighted by Gasteiger charge is 2.25. The van der Waals surface area contributed by atoms with Gasteiger partial charge in [-0.05, 0) is 46.8 Å². The Labute approximate surface area is 152 Å². The number of amides is 2. The molecule has 0 saturated heterocycles. The van der Waals surface area contributed by atoms with Crippen molar-refractivity contribution in [3.8, 4) is 5.69 Å². The summed E-state index contributed by atoms with van der Waals surface area (Å²) < 4.78 is 1.51. The van der Waals surface area contributed by atoms with Crippen molar-refractivity contribution in [3.63, 3.8) is 0 Å². The van der Waals surface area contributed by atoms with Crippen molar-refractivity contribution in [2.24, 2.45) is 0 Å². The summed E-state index contributed by atoms with van der Waals surface area (Å²) in [6, 6.07) is 8.61. The lowest BCUT2D eigenvalue weighted by molar-refractivity contribution is -0.124. The topological polar surface area (TPSA) is 76.0 Å². The Hall–Kier alpha value is -2.34. The minimum absolute atomic E-state index is 0.213. The summed E-state index contributed by atoms with van der Waals surface area (Å²) in [5.41, 5.74) is 1.14. The second kappa shape index (κ2) is 7.27. The van der Waals surface area contributed by atoms with E-state index >= 15 is 0 Å². The summed E-state index contributed by atoms with van der Waals surface area (Å²) in [7, 11) is 0. The van der Waals surface area contributed by atoms with Crippen molar-refractivity contribution < 1.29 is 9.59 Å². The van der Waals surface area contributed by atoms with Gasteiger partial charge >= 0.3 is 0 Å². The number of hydrogen-bond acceptors (Lipinski definition) is 3. The van der Waals surface area contributed by atoms with Gasteiger partial charge < -0.3 is 10.6 Å². The van der Waals surface area contributed by atoms with E-state index in [-0.39, 0.29) is 22.2 Å². The Bertz CT molecular complexity index is 778. The molecule has 2 N–H and O–H groups in total. The Morgan fingerprint density at radius 2 is 1.80 bits per heavy atom. The molecule has 1 heterocycles. The minimum Gasteiger partial charge on any atom is -0.350 e. The molecule has 0 aliphatic carbocycles. The highest BCUT2D eigenvalue weighted by atomic mass is 35.5. The number of hydrogen-bond donors (Lipinski definition) is 2. The van der Waals surface area contributed by atoms with Crippen molar-refractivity contribution >= 4 is 23.4 Å². The van der Waals surface area contributed by atoms with E-state index in [9.17, 15) is 9.59 Å². The zero-order valence-electron chi connectivity index (χ0n) is 15.1. The van der Waals surface area contributed by atoms with E-state index in [4.69, 9.17) is 11.6 Å². The van der Waals surface area contributed by atoms with Gasteiger partial charge in [-0.25, -0.2) is 4.68 Å². The van der Waals surface area contributed by atoms with E-state index in [1.807, 2.05) is 51.1 Å². The van der Waals surface area contributed by atoms with E-state index in [1.165, 1.54) is 4.68 Å². The van der Waals surface area contributed by atoms with Crippen LogP contribution in [0.1, 0.15) is 43.7 Å². The first-order chi connectivity index (χ1) is 11.6.